The molecule has 7 heteroatoms. The molecule has 1 aliphatic rings. The largest absolute Gasteiger partial charge is 0.465 e. The van der Waals surface area contributed by atoms with Crippen LogP contribution >= 0.6 is 0 Å². The molecule has 0 radical (unpaired) electrons. The van der Waals surface area contributed by atoms with Gasteiger partial charge in [-0.15, -0.1) is 0 Å². The maximum atomic E-state index is 11.8. The maximum absolute atomic E-state index is 11.8. The highest BCUT2D eigenvalue weighted by atomic mass is 16.5. The summed E-state index contributed by atoms with van der Waals surface area (Å²) in [4.78, 5) is 24.8. The number of ether oxygens (including phenoxy) is 1. The summed E-state index contributed by atoms with van der Waals surface area (Å²) in [5.41, 5.74) is 3.64. The molecule has 0 saturated carbocycles. The smallest absolute Gasteiger partial charge is 0.414 e. The first-order chi connectivity index (χ1) is 12.7. The van der Waals surface area contributed by atoms with Crippen molar-refractivity contribution in [3.63, 3.8) is 0 Å². The second kappa shape index (κ2) is 7.13. The fourth-order valence-corrected chi connectivity index (χ4v) is 3.29. The zero-order valence-corrected chi connectivity index (χ0v) is 14.3. The predicted molar refractivity (Wildman–Crippen MR) is 98.2 cm³/mol. The standard InChI is InChI=1S/C19H20N4O3/c24-19(25)23(12-13-5-9-26-10-6-13)18-21-16-2-1-15(11-17(16)22-18)14-3-7-20-8-4-14/h1-4,7-8,11,13H,5-6,9-10,12H2,(H,21,22)(H,24,25). The van der Waals surface area contributed by atoms with E-state index in [9.17, 15) is 9.90 Å². The van der Waals surface area contributed by atoms with Gasteiger partial charge in [0.25, 0.3) is 0 Å². The predicted octanol–water partition coefficient (Wildman–Crippen LogP) is 3.54. The van der Waals surface area contributed by atoms with Crippen molar-refractivity contribution in [2.75, 3.05) is 24.7 Å². The Labute approximate surface area is 150 Å². The van der Waals surface area contributed by atoms with Crippen molar-refractivity contribution in [1.82, 2.24) is 15.0 Å². The summed E-state index contributed by atoms with van der Waals surface area (Å²) >= 11 is 0. The lowest BCUT2D eigenvalue weighted by Gasteiger charge is -2.26. The lowest BCUT2D eigenvalue weighted by molar-refractivity contribution is 0.0679. The van der Waals surface area contributed by atoms with Gasteiger partial charge in [0, 0.05) is 32.2 Å². The Morgan fingerprint density at radius 3 is 2.69 bits per heavy atom. The van der Waals surface area contributed by atoms with E-state index < -0.39 is 6.09 Å². The van der Waals surface area contributed by atoms with E-state index in [4.69, 9.17) is 4.74 Å². The summed E-state index contributed by atoms with van der Waals surface area (Å²) in [5.74, 6) is 0.659. The number of carbonyl (C=O) groups is 1. The van der Waals surface area contributed by atoms with E-state index in [0.717, 1.165) is 35.0 Å². The first-order valence-corrected chi connectivity index (χ1v) is 8.69. The van der Waals surface area contributed by atoms with Crippen LogP contribution in [0.25, 0.3) is 22.2 Å². The Kier molecular flexibility index (Phi) is 4.53. The summed E-state index contributed by atoms with van der Waals surface area (Å²) in [6, 6.07) is 9.74. The molecule has 1 amide bonds. The Balaban J connectivity index is 1.63. The van der Waals surface area contributed by atoms with Crippen molar-refractivity contribution in [3.05, 3.63) is 42.7 Å². The first-order valence-electron chi connectivity index (χ1n) is 8.69. The molecule has 0 unspecified atom stereocenters. The van der Waals surface area contributed by atoms with Gasteiger partial charge in [0.15, 0.2) is 0 Å². The van der Waals surface area contributed by atoms with Crippen LogP contribution in [0.15, 0.2) is 42.7 Å². The first kappa shape index (κ1) is 16.5. The van der Waals surface area contributed by atoms with E-state index in [1.807, 2.05) is 30.3 Å². The number of fused-ring (bicyclic) bond motifs is 1. The number of H-pyrrole nitrogens is 1. The van der Waals surface area contributed by atoms with Crippen molar-refractivity contribution >= 4 is 23.1 Å². The summed E-state index contributed by atoms with van der Waals surface area (Å²) in [5, 5.41) is 9.64. The number of aromatic nitrogens is 3. The Bertz CT molecular complexity index is 904. The molecule has 0 bridgehead atoms. The van der Waals surface area contributed by atoms with Crippen molar-refractivity contribution in [2.24, 2.45) is 5.92 Å². The highest BCUT2D eigenvalue weighted by molar-refractivity contribution is 5.89. The lowest BCUT2D eigenvalue weighted by atomic mass is 10.00. The van der Waals surface area contributed by atoms with E-state index in [0.29, 0.717) is 31.6 Å². The van der Waals surface area contributed by atoms with Crippen LogP contribution in [0.4, 0.5) is 10.7 Å². The van der Waals surface area contributed by atoms with E-state index in [2.05, 4.69) is 15.0 Å². The maximum Gasteiger partial charge on any atom is 0.414 e. The van der Waals surface area contributed by atoms with Gasteiger partial charge in [0.1, 0.15) is 0 Å². The van der Waals surface area contributed by atoms with Gasteiger partial charge >= 0.3 is 6.09 Å². The number of hydrogen-bond acceptors (Lipinski definition) is 4. The molecular formula is C19H20N4O3. The molecule has 3 aromatic rings. The number of carboxylic acid groups (broad SMARTS) is 1. The van der Waals surface area contributed by atoms with E-state index >= 15 is 0 Å². The number of pyridine rings is 1. The molecule has 134 valence electrons. The summed E-state index contributed by atoms with van der Waals surface area (Å²) in [7, 11) is 0. The number of amides is 1. The number of nitrogens with one attached hydrogen (secondary N) is 1. The quantitative estimate of drug-likeness (QED) is 0.749. The molecule has 3 heterocycles. The van der Waals surface area contributed by atoms with Crippen LogP contribution in [-0.4, -0.2) is 45.9 Å². The van der Waals surface area contributed by atoms with Gasteiger partial charge in [-0.3, -0.25) is 4.98 Å². The number of imidazole rings is 1. The number of aromatic amines is 1. The minimum Gasteiger partial charge on any atom is -0.465 e. The van der Waals surface area contributed by atoms with Crippen LogP contribution in [0, 0.1) is 5.92 Å². The molecule has 1 saturated heterocycles. The van der Waals surface area contributed by atoms with Crippen LogP contribution in [0.3, 0.4) is 0 Å². The Morgan fingerprint density at radius 1 is 1.19 bits per heavy atom. The third kappa shape index (κ3) is 3.39. The molecule has 1 aromatic carbocycles. The van der Waals surface area contributed by atoms with Crippen LogP contribution in [-0.2, 0) is 4.74 Å². The van der Waals surface area contributed by atoms with E-state index in [1.54, 1.807) is 12.4 Å². The molecule has 0 spiro atoms. The number of benzene rings is 1. The number of anilines is 1. The molecule has 4 rings (SSSR count). The zero-order valence-electron chi connectivity index (χ0n) is 14.3. The molecule has 26 heavy (non-hydrogen) atoms. The van der Waals surface area contributed by atoms with Crippen LogP contribution in [0.2, 0.25) is 0 Å². The average molecular weight is 352 g/mol. The van der Waals surface area contributed by atoms with E-state index in [-0.39, 0.29) is 0 Å². The third-order valence-electron chi connectivity index (χ3n) is 4.75. The SMILES string of the molecule is O=C(O)N(CC1CCOCC1)c1nc2ccc(-c3ccncc3)cc2[nH]1. The average Bonchev–Trinajstić information content (AvgIpc) is 3.10. The molecule has 0 aliphatic carbocycles. The van der Waals surface area contributed by atoms with Gasteiger partial charge in [-0.2, -0.15) is 0 Å². The van der Waals surface area contributed by atoms with Gasteiger partial charge < -0.3 is 14.8 Å². The molecule has 2 N–H and O–H groups in total. The van der Waals surface area contributed by atoms with Crippen molar-refractivity contribution < 1.29 is 14.6 Å². The van der Waals surface area contributed by atoms with Crippen LogP contribution < -0.4 is 4.90 Å². The molecule has 7 nitrogen and oxygen atoms in total. The second-order valence-electron chi connectivity index (χ2n) is 6.48. The Hall–Kier alpha value is -2.93. The molecule has 0 atom stereocenters. The zero-order chi connectivity index (χ0) is 17.9. The Morgan fingerprint density at radius 2 is 1.96 bits per heavy atom. The lowest BCUT2D eigenvalue weighted by Crippen LogP contribution is -2.37. The monoisotopic (exact) mass is 352 g/mol. The van der Waals surface area contributed by atoms with Gasteiger partial charge in [-0.05, 0) is 54.2 Å². The van der Waals surface area contributed by atoms with Gasteiger partial charge in [0.05, 0.1) is 11.0 Å². The van der Waals surface area contributed by atoms with Crippen LogP contribution in [0.5, 0.6) is 0 Å². The second-order valence-corrected chi connectivity index (χ2v) is 6.48. The fraction of sp³-hybridized carbons (Fsp3) is 0.316. The topological polar surface area (TPSA) is 91.3 Å². The van der Waals surface area contributed by atoms with Gasteiger partial charge in [0.2, 0.25) is 5.95 Å². The number of rotatable bonds is 4. The summed E-state index contributed by atoms with van der Waals surface area (Å²) in [6.45, 7) is 1.80. The number of hydrogen-bond donors (Lipinski definition) is 2. The third-order valence-corrected chi connectivity index (χ3v) is 4.75. The summed E-state index contributed by atoms with van der Waals surface area (Å²) in [6.07, 6.45) is 4.24. The fourth-order valence-electron chi connectivity index (χ4n) is 3.29. The summed E-state index contributed by atoms with van der Waals surface area (Å²) < 4.78 is 5.36. The molecule has 2 aromatic heterocycles. The van der Waals surface area contributed by atoms with Crippen molar-refractivity contribution in [1.29, 1.82) is 0 Å². The van der Waals surface area contributed by atoms with E-state index in [1.165, 1.54) is 4.90 Å². The normalized spacial score (nSPS) is 15.2. The van der Waals surface area contributed by atoms with Gasteiger partial charge in [-0.1, -0.05) is 6.07 Å². The highest BCUT2D eigenvalue weighted by Crippen LogP contribution is 2.26. The number of nitrogens with zero attached hydrogens (tertiary/aromatic N) is 3. The molecule has 1 fully saturated rings. The molecular weight excluding hydrogens is 332 g/mol. The highest BCUT2D eigenvalue weighted by Gasteiger charge is 2.24. The van der Waals surface area contributed by atoms with Crippen molar-refractivity contribution in [2.45, 2.75) is 12.8 Å². The minimum absolute atomic E-state index is 0.292. The minimum atomic E-state index is -0.995. The van der Waals surface area contributed by atoms with Crippen molar-refractivity contribution in [3.8, 4) is 11.1 Å². The van der Waals surface area contributed by atoms with Crippen LogP contribution in [0.1, 0.15) is 12.8 Å². The molecule has 1 aliphatic heterocycles. The van der Waals surface area contributed by atoms with Gasteiger partial charge in [-0.25, -0.2) is 14.7 Å².